The predicted octanol–water partition coefficient (Wildman–Crippen LogP) is 5.70. The summed E-state index contributed by atoms with van der Waals surface area (Å²) in [6.07, 6.45) is 1.65. The van der Waals surface area contributed by atoms with Gasteiger partial charge in [-0.25, -0.2) is 4.79 Å². The van der Waals surface area contributed by atoms with Crippen molar-refractivity contribution in [3.63, 3.8) is 0 Å². The Hall–Kier alpha value is -3.96. The largest absolute Gasteiger partial charge is 0.488 e. The average Bonchev–Trinajstić information content (AvgIpc) is 2.77. The Morgan fingerprint density at radius 2 is 1.74 bits per heavy atom. The van der Waals surface area contributed by atoms with Gasteiger partial charge >= 0.3 is 5.97 Å². The van der Waals surface area contributed by atoms with Gasteiger partial charge in [-0.3, -0.25) is 10.1 Å². The Bertz CT molecular complexity index is 1200. The summed E-state index contributed by atoms with van der Waals surface area (Å²) in [5.41, 5.74) is 2.44. The fourth-order valence-electron chi connectivity index (χ4n) is 2.77. The number of carbonyl (C=O) groups is 1. The number of non-ortho nitro benzene ring substituents is 1. The molecule has 0 fully saturated rings. The smallest absolute Gasteiger partial charge is 0.335 e. The molecule has 0 aromatic heterocycles. The summed E-state index contributed by atoms with van der Waals surface area (Å²) in [6, 6.07) is 19.6. The average molecular weight is 479 g/mol. The number of hydrogen-bond donors (Lipinski definition) is 1. The number of allylic oxidation sites excluding steroid dienone is 1. The van der Waals surface area contributed by atoms with E-state index in [0.717, 1.165) is 10.0 Å². The van der Waals surface area contributed by atoms with Crippen LogP contribution >= 0.6 is 15.9 Å². The second-order valence-corrected chi connectivity index (χ2v) is 7.36. The van der Waals surface area contributed by atoms with Crippen LogP contribution in [0, 0.1) is 21.4 Å². The van der Waals surface area contributed by atoms with Crippen LogP contribution in [0.3, 0.4) is 0 Å². The van der Waals surface area contributed by atoms with Crippen LogP contribution in [0.4, 0.5) is 5.69 Å². The van der Waals surface area contributed by atoms with Gasteiger partial charge in [0.15, 0.2) is 0 Å². The number of rotatable bonds is 7. The number of halogens is 1. The minimum absolute atomic E-state index is 0.0542. The van der Waals surface area contributed by atoms with Gasteiger partial charge in [-0.15, -0.1) is 0 Å². The summed E-state index contributed by atoms with van der Waals surface area (Å²) in [6.45, 7) is 0.210. The second-order valence-electron chi connectivity index (χ2n) is 6.45. The first-order chi connectivity index (χ1) is 14.9. The third-order valence-electron chi connectivity index (χ3n) is 4.38. The van der Waals surface area contributed by atoms with E-state index in [1.54, 1.807) is 36.4 Å². The Balaban J connectivity index is 1.86. The Morgan fingerprint density at radius 1 is 1.10 bits per heavy atom. The molecule has 0 unspecified atom stereocenters. The number of nitro benzene ring substituents is 1. The molecule has 3 aromatic carbocycles. The fourth-order valence-corrected chi connectivity index (χ4v) is 3.15. The van der Waals surface area contributed by atoms with Crippen LogP contribution in [0.1, 0.15) is 27.0 Å². The molecule has 154 valence electrons. The standard InChI is InChI=1S/C23H15BrN2O5/c24-20-7-10-22(31-14-15-1-3-17(4-2-15)23(27)28)18(12-20)11-19(13-25)16-5-8-21(9-6-16)26(29)30/h1-12H,14H2,(H,27,28)/b19-11+. The van der Waals surface area contributed by atoms with Crippen LogP contribution in [0.15, 0.2) is 71.2 Å². The number of nitro groups is 1. The highest BCUT2D eigenvalue weighted by atomic mass is 79.9. The van der Waals surface area contributed by atoms with E-state index in [-0.39, 0.29) is 17.9 Å². The monoisotopic (exact) mass is 478 g/mol. The molecule has 0 amide bonds. The molecule has 0 aliphatic carbocycles. The summed E-state index contributed by atoms with van der Waals surface area (Å²) < 4.78 is 6.69. The summed E-state index contributed by atoms with van der Waals surface area (Å²) in [5.74, 6) is -0.469. The first-order valence-corrected chi connectivity index (χ1v) is 9.78. The minimum Gasteiger partial charge on any atom is -0.488 e. The van der Waals surface area contributed by atoms with Crippen molar-refractivity contribution in [3.8, 4) is 11.8 Å². The van der Waals surface area contributed by atoms with Crippen molar-refractivity contribution in [2.75, 3.05) is 0 Å². The molecule has 0 bridgehead atoms. The quantitative estimate of drug-likeness (QED) is 0.201. The van der Waals surface area contributed by atoms with Gasteiger partial charge in [-0.05, 0) is 59.7 Å². The zero-order valence-electron chi connectivity index (χ0n) is 16.0. The lowest BCUT2D eigenvalue weighted by atomic mass is 10.0. The van der Waals surface area contributed by atoms with E-state index in [0.29, 0.717) is 22.4 Å². The lowest BCUT2D eigenvalue weighted by Gasteiger charge is -2.11. The van der Waals surface area contributed by atoms with Crippen molar-refractivity contribution in [2.24, 2.45) is 0 Å². The van der Waals surface area contributed by atoms with Gasteiger partial charge in [-0.1, -0.05) is 28.1 Å². The molecule has 8 heteroatoms. The molecule has 0 saturated carbocycles. The zero-order valence-corrected chi connectivity index (χ0v) is 17.6. The molecule has 0 saturated heterocycles. The number of aromatic carboxylic acids is 1. The molecule has 3 rings (SSSR count). The maximum absolute atomic E-state index is 11.0. The number of benzene rings is 3. The van der Waals surface area contributed by atoms with Gasteiger partial charge < -0.3 is 9.84 Å². The molecule has 31 heavy (non-hydrogen) atoms. The first-order valence-electron chi connectivity index (χ1n) is 8.98. The van der Waals surface area contributed by atoms with E-state index in [2.05, 4.69) is 22.0 Å². The van der Waals surface area contributed by atoms with Crippen LogP contribution in [0.25, 0.3) is 11.6 Å². The van der Waals surface area contributed by atoms with E-state index in [9.17, 15) is 20.2 Å². The molecule has 3 aromatic rings. The summed E-state index contributed by atoms with van der Waals surface area (Å²) in [7, 11) is 0. The highest BCUT2D eigenvalue weighted by Crippen LogP contribution is 2.29. The van der Waals surface area contributed by atoms with Crippen molar-refractivity contribution in [1.29, 1.82) is 5.26 Å². The Kier molecular flexibility index (Phi) is 6.80. The van der Waals surface area contributed by atoms with E-state index in [1.807, 2.05) is 0 Å². The molecule has 0 aliphatic rings. The van der Waals surface area contributed by atoms with Crippen molar-refractivity contribution in [3.05, 3.63) is 104 Å². The van der Waals surface area contributed by atoms with Gasteiger partial charge in [0.1, 0.15) is 12.4 Å². The van der Waals surface area contributed by atoms with Gasteiger partial charge in [0.05, 0.1) is 22.1 Å². The lowest BCUT2D eigenvalue weighted by molar-refractivity contribution is -0.384. The molecular weight excluding hydrogens is 464 g/mol. The molecule has 0 radical (unpaired) electrons. The molecule has 0 aliphatic heterocycles. The molecule has 0 spiro atoms. The van der Waals surface area contributed by atoms with Crippen molar-refractivity contribution in [2.45, 2.75) is 6.61 Å². The third-order valence-corrected chi connectivity index (χ3v) is 4.87. The number of carboxylic acid groups (broad SMARTS) is 1. The molecule has 7 nitrogen and oxygen atoms in total. The molecule has 0 atom stereocenters. The summed E-state index contributed by atoms with van der Waals surface area (Å²) in [5, 5.41) is 29.4. The van der Waals surface area contributed by atoms with Gasteiger partial charge in [-0.2, -0.15) is 5.26 Å². The third kappa shape index (κ3) is 5.56. The zero-order chi connectivity index (χ0) is 22.4. The summed E-state index contributed by atoms with van der Waals surface area (Å²) in [4.78, 5) is 21.3. The number of carboxylic acids is 1. The van der Waals surface area contributed by atoms with Crippen molar-refractivity contribution < 1.29 is 19.6 Å². The predicted molar refractivity (Wildman–Crippen MR) is 118 cm³/mol. The van der Waals surface area contributed by atoms with E-state index in [1.165, 1.54) is 36.4 Å². The van der Waals surface area contributed by atoms with Crippen LogP contribution < -0.4 is 4.74 Å². The number of ether oxygens (including phenoxy) is 1. The maximum Gasteiger partial charge on any atom is 0.335 e. The maximum atomic E-state index is 11.0. The van der Waals surface area contributed by atoms with E-state index >= 15 is 0 Å². The first kappa shape index (κ1) is 21.7. The van der Waals surface area contributed by atoms with E-state index in [4.69, 9.17) is 9.84 Å². The Labute approximate surface area is 186 Å². The normalized spacial score (nSPS) is 10.9. The van der Waals surface area contributed by atoms with Crippen molar-refractivity contribution >= 4 is 39.2 Å². The molecule has 1 N–H and O–H groups in total. The van der Waals surface area contributed by atoms with E-state index < -0.39 is 10.9 Å². The van der Waals surface area contributed by atoms with Crippen molar-refractivity contribution in [1.82, 2.24) is 0 Å². The second kappa shape index (κ2) is 9.69. The topological polar surface area (TPSA) is 113 Å². The number of nitriles is 1. The van der Waals surface area contributed by atoms with Crippen LogP contribution in [-0.4, -0.2) is 16.0 Å². The molecule has 0 heterocycles. The fraction of sp³-hybridized carbons (Fsp3) is 0.0435. The minimum atomic E-state index is -0.997. The van der Waals surface area contributed by atoms with Crippen LogP contribution in [0.5, 0.6) is 5.75 Å². The van der Waals surface area contributed by atoms with Crippen LogP contribution in [0.2, 0.25) is 0 Å². The van der Waals surface area contributed by atoms with Gasteiger partial charge in [0.25, 0.3) is 5.69 Å². The Morgan fingerprint density at radius 3 is 2.32 bits per heavy atom. The molecular formula is C23H15BrN2O5. The number of hydrogen-bond acceptors (Lipinski definition) is 5. The SMILES string of the molecule is N#C/C(=C\c1cc(Br)ccc1OCc1ccc(C(=O)O)cc1)c1ccc([N+](=O)[O-])cc1. The lowest BCUT2D eigenvalue weighted by Crippen LogP contribution is -2.00. The number of nitrogens with zero attached hydrogens (tertiary/aromatic N) is 2. The van der Waals surface area contributed by atoms with Crippen LogP contribution in [-0.2, 0) is 6.61 Å². The highest BCUT2D eigenvalue weighted by molar-refractivity contribution is 9.10. The summed E-state index contributed by atoms with van der Waals surface area (Å²) >= 11 is 3.41. The highest BCUT2D eigenvalue weighted by Gasteiger charge is 2.10. The van der Waals surface area contributed by atoms with Gasteiger partial charge in [0.2, 0.25) is 0 Å². The van der Waals surface area contributed by atoms with Gasteiger partial charge in [0, 0.05) is 22.2 Å².